The minimum atomic E-state index is -0.167. The van der Waals surface area contributed by atoms with E-state index < -0.39 is 0 Å². The maximum atomic E-state index is 11.9. The van der Waals surface area contributed by atoms with Gasteiger partial charge in [0.25, 0.3) is 0 Å². The second-order valence-corrected chi connectivity index (χ2v) is 8.22. The Morgan fingerprint density at radius 1 is 0.714 bits per heavy atom. The van der Waals surface area contributed by atoms with Crippen molar-refractivity contribution in [3.8, 4) is 0 Å². The molecule has 0 aliphatic heterocycles. The van der Waals surface area contributed by atoms with Crippen molar-refractivity contribution in [3.05, 3.63) is 0 Å². The number of unbranched alkanes of at least 4 members (excludes halogenated alkanes) is 11. The first-order valence-electron chi connectivity index (χ1n) is 12.0. The van der Waals surface area contributed by atoms with E-state index in [1.54, 1.807) is 0 Å². The Morgan fingerprint density at radius 3 is 1.86 bits per heavy atom. The molecule has 0 aromatic heterocycles. The fourth-order valence-corrected chi connectivity index (χ4v) is 3.36. The molecule has 1 N–H and O–H groups in total. The van der Waals surface area contributed by atoms with Crippen molar-refractivity contribution in [1.82, 2.24) is 5.32 Å². The molecule has 0 rings (SSSR count). The highest BCUT2D eigenvalue weighted by Gasteiger charge is 2.09. The van der Waals surface area contributed by atoms with Crippen LogP contribution in [0, 0.1) is 0 Å². The zero-order valence-electron chi connectivity index (χ0n) is 19.0. The Hall–Kier alpha value is -1.06. The van der Waals surface area contributed by atoms with E-state index in [1.807, 2.05) is 0 Å². The molecule has 0 heterocycles. The monoisotopic (exact) mass is 397 g/mol. The van der Waals surface area contributed by atoms with E-state index in [0.29, 0.717) is 25.9 Å². The Labute approximate surface area is 174 Å². The van der Waals surface area contributed by atoms with E-state index in [2.05, 4.69) is 26.1 Å². The topological polar surface area (TPSA) is 55.4 Å². The largest absolute Gasteiger partial charge is 0.466 e. The number of amides is 1. The van der Waals surface area contributed by atoms with E-state index in [9.17, 15) is 9.59 Å². The molecule has 0 bridgehead atoms. The zero-order chi connectivity index (χ0) is 20.9. The third kappa shape index (κ3) is 19.7. The number of carbonyl (C=O) groups excluding carboxylic acids is 2. The number of esters is 1. The molecule has 0 spiro atoms. The van der Waals surface area contributed by atoms with Gasteiger partial charge in [-0.15, -0.1) is 0 Å². The van der Waals surface area contributed by atoms with E-state index in [-0.39, 0.29) is 17.9 Å². The lowest BCUT2D eigenvalue weighted by atomic mass is 10.1. The summed E-state index contributed by atoms with van der Waals surface area (Å²) in [6.07, 6.45) is 18.6. The van der Waals surface area contributed by atoms with Gasteiger partial charge in [0, 0.05) is 18.9 Å². The average molecular weight is 398 g/mol. The number of ether oxygens (including phenoxy) is 1. The van der Waals surface area contributed by atoms with Gasteiger partial charge in [-0.1, -0.05) is 90.9 Å². The van der Waals surface area contributed by atoms with Crippen LogP contribution in [0.3, 0.4) is 0 Å². The molecule has 1 atom stereocenters. The summed E-state index contributed by atoms with van der Waals surface area (Å²) in [5.74, 6) is -0.116. The molecule has 0 fully saturated rings. The van der Waals surface area contributed by atoms with E-state index >= 15 is 0 Å². The number of hydrogen-bond donors (Lipinski definition) is 1. The maximum Gasteiger partial charge on any atom is 0.305 e. The molecule has 0 saturated heterocycles. The van der Waals surface area contributed by atoms with Crippen LogP contribution in [0.1, 0.15) is 130 Å². The van der Waals surface area contributed by atoms with Crippen molar-refractivity contribution >= 4 is 11.9 Å². The molecule has 0 radical (unpaired) electrons. The minimum Gasteiger partial charge on any atom is -0.466 e. The van der Waals surface area contributed by atoms with Gasteiger partial charge in [-0.05, 0) is 26.2 Å². The summed E-state index contributed by atoms with van der Waals surface area (Å²) in [4.78, 5) is 23.6. The highest BCUT2D eigenvalue weighted by atomic mass is 16.5. The number of hydrogen-bond acceptors (Lipinski definition) is 3. The van der Waals surface area contributed by atoms with Gasteiger partial charge in [-0.25, -0.2) is 0 Å². The van der Waals surface area contributed by atoms with Crippen LogP contribution in [0.5, 0.6) is 0 Å². The van der Waals surface area contributed by atoms with Gasteiger partial charge < -0.3 is 10.1 Å². The molecule has 0 aromatic carbocycles. The maximum absolute atomic E-state index is 11.9. The lowest BCUT2D eigenvalue weighted by Crippen LogP contribution is -2.32. The standard InChI is InChI=1S/C24H47NO3/c1-4-6-8-10-11-12-13-14-16-21-28-24(27)20-17-19-23(26)25-22(3)18-15-9-7-5-2/h22H,4-21H2,1-3H3,(H,25,26). The van der Waals surface area contributed by atoms with Crippen molar-refractivity contribution in [2.75, 3.05) is 6.61 Å². The first kappa shape index (κ1) is 26.9. The van der Waals surface area contributed by atoms with Gasteiger partial charge in [0.15, 0.2) is 0 Å². The molecule has 4 nitrogen and oxygen atoms in total. The predicted octanol–water partition coefficient (Wildman–Crippen LogP) is 6.71. The molecule has 0 saturated carbocycles. The smallest absolute Gasteiger partial charge is 0.305 e. The Bertz CT molecular complexity index is 371. The third-order valence-corrected chi connectivity index (χ3v) is 5.19. The molecule has 1 amide bonds. The van der Waals surface area contributed by atoms with Crippen LogP contribution in [-0.4, -0.2) is 24.5 Å². The number of rotatable bonds is 20. The lowest BCUT2D eigenvalue weighted by Gasteiger charge is -2.13. The van der Waals surface area contributed by atoms with Gasteiger partial charge in [-0.3, -0.25) is 9.59 Å². The Kier molecular flexibility index (Phi) is 19.9. The normalized spacial score (nSPS) is 12.0. The zero-order valence-corrected chi connectivity index (χ0v) is 19.0. The quantitative estimate of drug-likeness (QED) is 0.183. The molecule has 4 heteroatoms. The van der Waals surface area contributed by atoms with Gasteiger partial charge >= 0.3 is 5.97 Å². The van der Waals surface area contributed by atoms with Crippen LogP contribution in [0.25, 0.3) is 0 Å². The summed E-state index contributed by atoms with van der Waals surface area (Å²) in [5, 5.41) is 3.03. The number of carbonyl (C=O) groups is 2. The lowest BCUT2D eigenvalue weighted by molar-refractivity contribution is -0.143. The molecule has 166 valence electrons. The van der Waals surface area contributed by atoms with Gasteiger partial charge in [0.1, 0.15) is 0 Å². The van der Waals surface area contributed by atoms with Crippen LogP contribution < -0.4 is 5.32 Å². The van der Waals surface area contributed by atoms with Crippen LogP contribution in [0.4, 0.5) is 0 Å². The molecular weight excluding hydrogens is 350 g/mol. The van der Waals surface area contributed by atoms with Crippen molar-refractivity contribution in [3.63, 3.8) is 0 Å². The fourth-order valence-electron chi connectivity index (χ4n) is 3.36. The summed E-state index contributed by atoms with van der Waals surface area (Å²) in [6.45, 7) is 7.03. The van der Waals surface area contributed by atoms with Gasteiger partial charge in [0.05, 0.1) is 6.61 Å². The predicted molar refractivity (Wildman–Crippen MR) is 118 cm³/mol. The van der Waals surface area contributed by atoms with Crippen LogP contribution in [0.2, 0.25) is 0 Å². The first-order chi connectivity index (χ1) is 13.6. The van der Waals surface area contributed by atoms with Crippen molar-refractivity contribution in [2.24, 2.45) is 0 Å². The second kappa shape index (κ2) is 20.7. The Balaban J connectivity index is 3.43. The summed E-state index contributed by atoms with van der Waals surface area (Å²) in [7, 11) is 0. The van der Waals surface area contributed by atoms with Gasteiger partial charge in [0.2, 0.25) is 5.91 Å². The Morgan fingerprint density at radius 2 is 1.25 bits per heavy atom. The van der Waals surface area contributed by atoms with Crippen molar-refractivity contribution < 1.29 is 14.3 Å². The molecule has 28 heavy (non-hydrogen) atoms. The van der Waals surface area contributed by atoms with Crippen LogP contribution in [0.15, 0.2) is 0 Å². The SMILES string of the molecule is CCCCCCCCCCCOC(=O)CCCC(=O)NC(C)CCCCCC. The first-order valence-corrected chi connectivity index (χ1v) is 12.0. The van der Waals surface area contributed by atoms with E-state index in [0.717, 1.165) is 19.3 Å². The van der Waals surface area contributed by atoms with Gasteiger partial charge in [-0.2, -0.15) is 0 Å². The molecular formula is C24H47NO3. The van der Waals surface area contributed by atoms with Crippen molar-refractivity contribution in [2.45, 2.75) is 136 Å². The summed E-state index contributed by atoms with van der Waals surface area (Å²) in [5.41, 5.74) is 0. The fraction of sp³-hybridized carbons (Fsp3) is 0.917. The highest BCUT2D eigenvalue weighted by Crippen LogP contribution is 2.10. The molecule has 0 aliphatic rings. The van der Waals surface area contributed by atoms with E-state index in [1.165, 1.54) is 70.6 Å². The minimum absolute atomic E-state index is 0.0507. The summed E-state index contributed by atoms with van der Waals surface area (Å²) < 4.78 is 5.27. The second-order valence-electron chi connectivity index (χ2n) is 8.22. The average Bonchev–Trinajstić information content (AvgIpc) is 2.66. The van der Waals surface area contributed by atoms with Crippen LogP contribution in [-0.2, 0) is 14.3 Å². The van der Waals surface area contributed by atoms with Crippen molar-refractivity contribution in [1.29, 1.82) is 0 Å². The summed E-state index contributed by atoms with van der Waals surface area (Å²) in [6, 6.07) is 0.225. The van der Waals surface area contributed by atoms with E-state index in [4.69, 9.17) is 4.74 Å². The molecule has 0 aromatic rings. The summed E-state index contributed by atoms with van der Waals surface area (Å²) >= 11 is 0. The highest BCUT2D eigenvalue weighted by molar-refractivity contribution is 5.77. The van der Waals surface area contributed by atoms with Crippen LogP contribution >= 0.6 is 0 Å². The molecule has 1 unspecified atom stereocenters. The number of nitrogens with one attached hydrogen (secondary N) is 1. The third-order valence-electron chi connectivity index (χ3n) is 5.19. The molecule has 0 aliphatic carbocycles.